The molecule has 2 saturated heterocycles. The smallest absolute Gasteiger partial charge is 0.325 e. The highest BCUT2D eigenvalue weighted by molar-refractivity contribution is 6.74. The summed E-state index contributed by atoms with van der Waals surface area (Å²) in [6, 6.07) is 15.9. The van der Waals surface area contributed by atoms with Crippen LogP contribution < -0.4 is 21.5 Å². The first-order valence-electron chi connectivity index (χ1n) is 33.0. The molecule has 506 valence electrons. The normalized spacial score (nSPS) is 28.1. The van der Waals surface area contributed by atoms with Gasteiger partial charge in [0.15, 0.2) is 8.32 Å². The number of aliphatic hydroxyl groups is 1. The number of esters is 2. The molecule has 4 aromatic rings. The molecule has 20 nitrogen and oxygen atoms in total. The standard InChI is InChI=1S/C39H58N4O6Si.C33H44N4O6/c1-24(2)29-23-33(44)39(10,38(8,9)49-50(11,12)37(5,6)7)20-19-27-15-16-28-17-18-30(41-32(28)22-27)26(4)48-36(47)31-14-13-21-43(42-31)35(46)25(3)40-34(29)45;1-19(2)24-18-28(38)33(7,32(5,6)42)15-14-22-10-11-23-12-13-25(35-27(23)17-22)21(4)43-31(41)26-9-8-16-37(36-26)30(40)20(3)34-29(24)39/h15-20,22,24-26,29,31,42H,13-14,21,23H2,1-12H3,(H,40,45);10-15,17,19-21,24,26,36,42H,8-9,16,18H2,1-7H3,(H,34,39)/b20-19+;15-14+/t25-,26+,29-,31-,39?;20-,21+,24-,26-,33?/m00/s1. The van der Waals surface area contributed by atoms with Crippen LogP contribution in [0.5, 0.6) is 0 Å². The molecule has 5 N–H and O–H groups in total. The zero-order valence-electron chi connectivity index (χ0n) is 58.2. The number of ether oxygens (including phenoxy) is 2. The number of hydrazine groups is 2. The molecule has 2 unspecified atom stereocenters. The summed E-state index contributed by atoms with van der Waals surface area (Å²) in [6.07, 6.45) is 8.06. The third kappa shape index (κ3) is 16.9. The van der Waals surface area contributed by atoms with Crippen molar-refractivity contribution < 1.29 is 57.4 Å². The van der Waals surface area contributed by atoms with Gasteiger partial charge in [-0.05, 0) is 160 Å². The Hall–Kier alpha value is -7.04. The van der Waals surface area contributed by atoms with E-state index in [-0.39, 0.29) is 53.1 Å². The molecule has 10 atom stereocenters. The number of nitrogens with one attached hydrogen (secondary N) is 4. The van der Waals surface area contributed by atoms with Gasteiger partial charge in [0.1, 0.15) is 47.9 Å². The Labute approximate surface area is 550 Å². The van der Waals surface area contributed by atoms with E-state index in [9.17, 15) is 43.5 Å². The molecular formula is C72H102N8O12Si. The van der Waals surface area contributed by atoms with Gasteiger partial charge in [0.05, 0.1) is 44.5 Å². The molecule has 0 saturated carbocycles. The number of carbonyl (C=O) groups excluding carboxylic acids is 8. The number of pyridine rings is 2. The van der Waals surface area contributed by atoms with Gasteiger partial charge in [-0.3, -0.25) is 48.4 Å². The number of aromatic nitrogens is 2. The lowest BCUT2D eigenvalue weighted by Crippen LogP contribution is -2.60. The van der Waals surface area contributed by atoms with Crippen molar-refractivity contribution in [2.24, 2.45) is 34.5 Å². The van der Waals surface area contributed by atoms with Crippen LogP contribution in [-0.4, -0.2) is 129 Å². The Morgan fingerprint density at radius 2 is 0.968 bits per heavy atom. The summed E-state index contributed by atoms with van der Waals surface area (Å²) in [4.78, 5) is 119. The maximum atomic E-state index is 14.7. The maximum Gasteiger partial charge on any atom is 0.325 e. The third-order valence-electron chi connectivity index (χ3n) is 20.1. The first-order chi connectivity index (χ1) is 43.2. The van der Waals surface area contributed by atoms with Crippen LogP contribution in [-0.2, 0) is 52.3 Å². The summed E-state index contributed by atoms with van der Waals surface area (Å²) in [6.45, 7) is 36.6. The van der Waals surface area contributed by atoms with E-state index in [0.717, 1.165) is 27.4 Å². The highest BCUT2D eigenvalue weighted by Gasteiger charge is 2.52. The van der Waals surface area contributed by atoms with Gasteiger partial charge in [-0.1, -0.05) is 109 Å². The van der Waals surface area contributed by atoms with Gasteiger partial charge >= 0.3 is 11.9 Å². The third-order valence-corrected chi connectivity index (χ3v) is 24.8. The molecule has 4 amide bonds. The van der Waals surface area contributed by atoms with Crippen LogP contribution >= 0.6 is 0 Å². The fraction of sp³-hybridized carbons (Fsp3) is 0.583. The van der Waals surface area contributed by atoms with Gasteiger partial charge in [-0.15, -0.1) is 0 Å². The minimum absolute atomic E-state index is 0.0358. The number of Topliss-reactive ketones (excluding diaryl/α,β-unsaturated/α-hetero) is 2. The van der Waals surface area contributed by atoms with E-state index >= 15 is 0 Å². The molecule has 93 heavy (non-hydrogen) atoms. The van der Waals surface area contributed by atoms with E-state index in [2.05, 4.69) is 55.4 Å². The summed E-state index contributed by atoms with van der Waals surface area (Å²) in [5, 5.41) is 21.3. The second-order valence-electron chi connectivity index (χ2n) is 29.6. The van der Waals surface area contributed by atoms with Crippen LogP contribution in [0.2, 0.25) is 18.1 Å². The number of amides is 4. The summed E-state index contributed by atoms with van der Waals surface area (Å²) in [5.41, 5.74) is 5.38. The number of fused-ring (bicyclic) bond motifs is 8. The Morgan fingerprint density at radius 1 is 0.591 bits per heavy atom. The van der Waals surface area contributed by atoms with Crippen molar-refractivity contribution >= 4 is 89.4 Å². The number of cyclic esters (lactones) is 2. The molecule has 8 rings (SSSR count). The number of hydrogen-bond donors (Lipinski definition) is 5. The molecule has 21 heteroatoms. The van der Waals surface area contributed by atoms with Crippen molar-refractivity contribution in [2.45, 2.75) is 222 Å². The van der Waals surface area contributed by atoms with Crippen LogP contribution in [0.4, 0.5) is 0 Å². The second kappa shape index (κ2) is 28.9. The van der Waals surface area contributed by atoms with Crippen LogP contribution in [0.25, 0.3) is 34.0 Å². The molecule has 4 aliphatic rings. The van der Waals surface area contributed by atoms with E-state index in [4.69, 9.17) is 23.9 Å². The molecule has 2 aromatic heterocycles. The Bertz CT molecular complexity index is 3530. The molecular weight excluding hydrogens is 1200 g/mol. The monoisotopic (exact) mass is 1300 g/mol. The van der Waals surface area contributed by atoms with Crippen LogP contribution in [0.3, 0.4) is 0 Å². The molecule has 10 bridgehead atoms. The van der Waals surface area contributed by atoms with E-state index < -0.39 is 102 Å². The van der Waals surface area contributed by atoms with E-state index in [0.29, 0.717) is 55.7 Å². The lowest BCUT2D eigenvalue weighted by atomic mass is 9.69. The predicted octanol–water partition coefficient (Wildman–Crippen LogP) is 10.8. The topological polar surface area (TPSA) is 265 Å². The Balaban J connectivity index is 0.000000266. The Kier molecular flexibility index (Phi) is 22.8. The summed E-state index contributed by atoms with van der Waals surface area (Å²) < 4.78 is 18.6. The van der Waals surface area contributed by atoms with Gasteiger partial charge in [0.25, 0.3) is 11.8 Å². The van der Waals surface area contributed by atoms with E-state index in [1.807, 2.05) is 121 Å². The van der Waals surface area contributed by atoms with E-state index in [1.165, 1.54) is 10.0 Å². The van der Waals surface area contributed by atoms with Crippen molar-refractivity contribution in [1.82, 2.24) is 41.5 Å². The minimum atomic E-state index is -2.36. The highest BCUT2D eigenvalue weighted by atomic mass is 28.4. The van der Waals surface area contributed by atoms with Crippen LogP contribution in [0.1, 0.15) is 191 Å². The fourth-order valence-corrected chi connectivity index (χ4v) is 13.6. The van der Waals surface area contributed by atoms with Crippen molar-refractivity contribution in [3.63, 3.8) is 0 Å². The Morgan fingerprint density at radius 3 is 1.34 bits per heavy atom. The number of benzene rings is 2. The van der Waals surface area contributed by atoms with Crippen LogP contribution in [0, 0.1) is 34.5 Å². The van der Waals surface area contributed by atoms with Gasteiger partial charge in [-0.2, -0.15) is 0 Å². The quantitative estimate of drug-likeness (QED) is 0.0887. The maximum absolute atomic E-state index is 14.7. The number of rotatable bonds is 6. The van der Waals surface area contributed by atoms with Gasteiger partial charge in [0, 0.05) is 48.5 Å². The van der Waals surface area contributed by atoms with Crippen molar-refractivity contribution in [3.05, 3.63) is 95.3 Å². The molecule has 4 aliphatic heterocycles. The SMILES string of the molecule is CC(C)[C@@H]1CC(=O)C(C)(C(C)(C)O)/C=C/c2ccc3ccc(nc3c2)[C@@H](C)OC(=O)[C@@H]2CCCN(N2)C(=O)[C@H](C)NC1=O.CC(C)[C@@H]1CC(=O)C(C)(C(C)(C)O[Si](C)(C)C(C)(C)C)/C=C/c2ccc3ccc(nc3c2)[C@@H](C)OC(=O)[C@@H]2CCCN(N2)C(=O)[C@H](C)NC1=O. The van der Waals surface area contributed by atoms with Crippen molar-refractivity contribution in [3.8, 4) is 0 Å². The first-order valence-corrected chi connectivity index (χ1v) is 35.9. The van der Waals surface area contributed by atoms with Crippen molar-refractivity contribution in [2.75, 3.05) is 13.1 Å². The lowest BCUT2D eigenvalue weighted by Gasteiger charge is -2.49. The molecule has 0 aliphatic carbocycles. The van der Waals surface area contributed by atoms with E-state index in [1.54, 1.807) is 60.6 Å². The number of nitrogens with zero attached hydrogens (tertiary/aromatic N) is 4. The average molecular weight is 1300 g/mol. The number of ketones is 2. The predicted molar refractivity (Wildman–Crippen MR) is 362 cm³/mol. The number of carbonyl (C=O) groups is 8. The number of hydrogen-bond acceptors (Lipinski definition) is 16. The molecule has 2 fully saturated rings. The highest BCUT2D eigenvalue weighted by Crippen LogP contribution is 2.47. The van der Waals surface area contributed by atoms with Gasteiger partial charge in [0.2, 0.25) is 11.8 Å². The molecule has 0 spiro atoms. The molecule has 2 aromatic carbocycles. The summed E-state index contributed by atoms with van der Waals surface area (Å²) in [5.74, 6) is -4.74. The summed E-state index contributed by atoms with van der Waals surface area (Å²) >= 11 is 0. The molecule has 0 radical (unpaired) electrons. The van der Waals surface area contributed by atoms with Crippen LogP contribution in [0.15, 0.2) is 72.8 Å². The zero-order chi connectivity index (χ0) is 69.1. The van der Waals surface area contributed by atoms with Crippen molar-refractivity contribution in [1.29, 1.82) is 0 Å². The first kappa shape index (κ1) is 73.4. The summed E-state index contributed by atoms with van der Waals surface area (Å²) in [7, 11) is -2.36. The lowest BCUT2D eigenvalue weighted by molar-refractivity contribution is -0.158. The fourth-order valence-electron chi connectivity index (χ4n) is 11.8. The van der Waals surface area contributed by atoms with Gasteiger partial charge < -0.3 is 29.6 Å². The molecule has 6 heterocycles. The van der Waals surface area contributed by atoms with Gasteiger partial charge in [-0.25, -0.2) is 20.8 Å². The average Bonchev–Trinajstić information content (AvgIpc) is 0.873. The zero-order valence-corrected chi connectivity index (χ0v) is 59.2. The second-order valence-corrected chi connectivity index (χ2v) is 34.3. The minimum Gasteiger partial charge on any atom is -0.455 e. The largest absolute Gasteiger partial charge is 0.455 e.